The molecule has 4 N–H and O–H groups in total. The number of nitrogens with zero attached hydrogens (tertiary/aromatic N) is 2. The SMILES string of the molecule is COc1ccc(-c2nc(C)no2)cc1[C@@H](O)C(=O)N[C@H](C(=O)N[C@@H](CC(=O)O)C(=O)CSCc1ccccc1)C(C)C. The molecule has 0 saturated carbocycles. The number of carbonyl (C=O) groups excluding carboxylic acids is 3. The smallest absolute Gasteiger partial charge is 0.305 e. The third-order valence-corrected chi connectivity index (χ3v) is 7.26. The lowest BCUT2D eigenvalue weighted by Crippen LogP contribution is -2.55. The first-order chi connectivity index (χ1) is 20.0. The summed E-state index contributed by atoms with van der Waals surface area (Å²) in [5, 5.41) is 29.0. The number of aryl methyl sites for hydroxylation is 1. The molecule has 1 aromatic heterocycles. The van der Waals surface area contributed by atoms with Gasteiger partial charge >= 0.3 is 5.97 Å². The molecule has 224 valence electrons. The molecule has 3 atom stereocenters. The number of methoxy groups -OCH3 is 1. The van der Waals surface area contributed by atoms with E-state index in [0.29, 0.717) is 17.1 Å². The van der Waals surface area contributed by atoms with Crippen molar-refractivity contribution in [2.24, 2.45) is 5.92 Å². The number of benzene rings is 2. The third-order valence-electron chi connectivity index (χ3n) is 6.23. The van der Waals surface area contributed by atoms with Gasteiger partial charge in [0.25, 0.3) is 11.8 Å². The minimum Gasteiger partial charge on any atom is -0.496 e. The van der Waals surface area contributed by atoms with E-state index in [9.17, 15) is 29.4 Å². The number of carboxylic acids is 1. The van der Waals surface area contributed by atoms with Gasteiger partial charge in [-0.3, -0.25) is 19.2 Å². The molecule has 0 unspecified atom stereocenters. The fourth-order valence-corrected chi connectivity index (χ4v) is 4.96. The summed E-state index contributed by atoms with van der Waals surface area (Å²) in [6, 6.07) is 11.6. The van der Waals surface area contributed by atoms with Crippen LogP contribution in [0.1, 0.15) is 43.3 Å². The Morgan fingerprint density at radius 2 is 1.76 bits per heavy atom. The van der Waals surface area contributed by atoms with Crippen LogP contribution in [0.3, 0.4) is 0 Å². The topological polar surface area (TPSA) is 181 Å². The Morgan fingerprint density at radius 1 is 1.05 bits per heavy atom. The number of ether oxygens (including phenoxy) is 1. The molecule has 0 aliphatic heterocycles. The number of Topliss-reactive ketones (excluding diaryl/α,β-unsaturated/α-hetero) is 1. The van der Waals surface area contributed by atoms with Crippen molar-refractivity contribution in [1.82, 2.24) is 20.8 Å². The number of aliphatic hydroxyl groups is 1. The zero-order valence-corrected chi connectivity index (χ0v) is 24.5. The lowest BCUT2D eigenvalue weighted by Gasteiger charge is -2.26. The van der Waals surface area contributed by atoms with E-state index in [1.54, 1.807) is 26.8 Å². The summed E-state index contributed by atoms with van der Waals surface area (Å²) in [6.07, 6.45) is -2.36. The van der Waals surface area contributed by atoms with Crippen molar-refractivity contribution >= 4 is 35.3 Å². The molecule has 13 heteroatoms. The number of rotatable bonds is 15. The van der Waals surface area contributed by atoms with Gasteiger partial charge in [0.1, 0.15) is 11.8 Å². The second-order valence-electron chi connectivity index (χ2n) is 9.84. The van der Waals surface area contributed by atoms with Gasteiger partial charge in [0.2, 0.25) is 5.91 Å². The minimum absolute atomic E-state index is 0.0136. The summed E-state index contributed by atoms with van der Waals surface area (Å²) in [5.41, 5.74) is 1.54. The largest absolute Gasteiger partial charge is 0.496 e. The number of aromatic nitrogens is 2. The molecule has 0 saturated heterocycles. The van der Waals surface area contributed by atoms with Gasteiger partial charge in [-0.05, 0) is 36.6 Å². The number of hydrogen-bond acceptors (Lipinski definition) is 10. The molecule has 0 spiro atoms. The number of hydrogen-bond donors (Lipinski definition) is 4. The molecule has 1 heterocycles. The van der Waals surface area contributed by atoms with Gasteiger partial charge in [-0.15, -0.1) is 11.8 Å². The highest BCUT2D eigenvalue weighted by Crippen LogP contribution is 2.30. The molecule has 3 aromatic rings. The number of amides is 2. The second-order valence-corrected chi connectivity index (χ2v) is 10.8. The Kier molecular flexibility index (Phi) is 11.6. The maximum Gasteiger partial charge on any atom is 0.305 e. The van der Waals surface area contributed by atoms with Crippen LogP contribution in [0, 0.1) is 12.8 Å². The molecule has 0 fully saturated rings. The number of ketones is 1. The van der Waals surface area contributed by atoms with Crippen molar-refractivity contribution in [3.63, 3.8) is 0 Å². The van der Waals surface area contributed by atoms with Crippen LogP contribution in [0.15, 0.2) is 53.1 Å². The van der Waals surface area contributed by atoms with E-state index in [1.807, 2.05) is 30.3 Å². The van der Waals surface area contributed by atoms with Crippen molar-refractivity contribution < 1.29 is 38.7 Å². The number of thioether (sulfide) groups is 1. The molecule has 12 nitrogen and oxygen atoms in total. The third kappa shape index (κ3) is 8.88. The van der Waals surface area contributed by atoms with E-state index >= 15 is 0 Å². The predicted molar refractivity (Wildman–Crippen MR) is 155 cm³/mol. The van der Waals surface area contributed by atoms with Gasteiger partial charge in [-0.2, -0.15) is 4.98 Å². The molecule has 42 heavy (non-hydrogen) atoms. The molecule has 0 bridgehead atoms. The van der Waals surface area contributed by atoms with Gasteiger partial charge in [0, 0.05) is 16.9 Å². The van der Waals surface area contributed by atoms with Gasteiger partial charge in [0.05, 0.1) is 25.3 Å². The molecule has 0 aliphatic carbocycles. The van der Waals surface area contributed by atoms with E-state index in [-0.39, 0.29) is 23.0 Å². The van der Waals surface area contributed by atoms with E-state index in [0.717, 1.165) is 5.56 Å². The van der Waals surface area contributed by atoms with Crippen LogP contribution in [0.5, 0.6) is 5.75 Å². The summed E-state index contributed by atoms with van der Waals surface area (Å²) >= 11 is 1.30. The summed E-state index contributed by atoms with van der Waals surface area (Å²) in [4.78, 5) is 54.9. The number of carbonyl (C=O) groups is 4. The Morgan fingerprint density at radius 3 is 2.36 bits per heavy atom. The normalized spacial score (nSPS) is 13.2. The molecular weight excluding hydrogens is 564 g/mol. The highest BCUT2D eigenvalue weighted by atomic mass is 32.2. The average molecular weight is 599 g/mol. The molecule has 2 aromatic carbocycles. The lowest BCUT2D eigenvalue weighted by molar-refractivity contribution is -0.140. The number of carboxylic acid groups (broad SMARTS) is 1. The average Bonchev–Trinajstić information content (AvgIpc) is 3.40. The quantitative estimate of drug-likeness (QED) is 0.202. The Bertz CT molecular complexity index is 1400. The van der Waals surface area contributed by atoms with Crippen molar-refractivity contribution in [2.75, 3.05) is 12.9 Å². The van der Waals surface area contributed by atoms with Crippen LogP contribution in [0.25, 0.3) is 11.5 Å². The van der Waals surface area contributed by atoms with Crippen LogP contribution in [-0.4, -0.2) is 68.9 Å². The molecule has 2 amide bonds. The van der Waals surface area contributed by atoms with E-state index in [1.165, 1.54) is 31.0 Å². The zero-order chi connectivity index (χ0) is 30.8. The standard InChI is InChI=1S/C29H34N4O8S/c1-16(2)25(27(38)31-21(13-24(35)36)22(34)15-42-14-18-8-6-5-7-9-18)32-28(39)26(37)20-12-19(10-11-23(20)40-4)29-30-17(3)33-41-29/h5-12,16,21,25-26,37H,13-15H2,1-4H3,(H,31,38)(H,32,39)(H,35,36)/t21-,25-,26+/m0/s1. The minimum atomic E-state index is -1.75. The first-order valence-corrected chi connectivity index (χ1v) is 14.3. The van der Waals surface area contributed by atoms with Crippen LogP contribution in [0.4, 0.5) is 0 Å². The van der Waals surface area contributed by atoms with Crippen LogP contribution < -0.4 is 15.4 Å². The number of aliphatic hydroxyl groups excluding tert-OH is 1. The highest BCUT2D eigenvalue weighted by Gasteiger charge is 2.32. The predicted octanol–water partition coefficient (Wildman–Crippen LogP) is 2.69. The summed E-state index contributed by atoms with van der Waals surface area (Å²) < 4.78 is 10.5. The van der Waals surface area contributed by atoms with Crippen molar-refractivity contribution in [1.29, 1.82) is 0 Å². The zero-order valence-electron chi connectivity index (χ0n) is 23.7. The number of aliphatic carboxylic acids is 1. The Labute approximate surface area is 247 Å². The first-order valence-electron chi connectivity index (χ1n) is 13.1. The summed E-state index contributed by atoms with van der Waals surface area (Å²) in [6.45, 7) is 4.98. The van der Waals surface area contributed by atoms with E-state index in [4.69, 9.17) is 9.26 Å². The Balaban J connectivity index is 1.71. The second kappa shape index (κ2) is 15.1. The fraction of sp³-hybridized carbons (Fsp3) is 0.379. The van der Waals surface area contributed by atoms with Crippen LogP contribution in [-0.2, 0) is 24.9 Å². The van der Waals surface area contributed by atoms with Crippen molar-refractivity contribution in [3.05, 3.63) is 65.5 Å². The van der Waals surface area contributed by atoms with Gasteiger partial charge < -0.3 is 30.1 Å². The van der Waals surface area contributed by atoms with Crippen LogP contribution in [0.2, 0.25) is 0 Å². The fourth-order valence-electron chi connectivity index (χ4n) is 4.03. The van der Waals surface area contributed by atoms with Gasteiger partial charge in [-0.25, -0.2) is 0 Å². The van der Waals surface area contributed by atoms with Crippen molar-refractivity contribution in [2.45, 2.75) is 51.1 Å². The maximum atomic E-state index is 13.2. The van der Waals surface area contributed by atoms with E-state index in [2.05, 4.69) is 20.8 Å². The molecule has 0 radical (unpaired) electrons. The summed E-state index contributed by atoms with van der Waals surface area (Å²) in [7, 11) is 1.38. The van der Waals surface area contributed by atoms with Gasteiger partial charge in [-0.1, -0.05) is 49.3 Å². The highest BCUT2D eigenvalue weighted by molar-refractivity contribution is 7.99. The van der Waals surface area contributed by atoms with Crippen molar-refractivity contribution in [3.8, 4) is 17.2 Å². The Hall–Kier alpha value is -4.23. The molecule has 3 rings (SSSR count). The van der Waals surface area contributed by atoms with E-state index < -0.39 is 54.1 Å². The monoisotopic (exact) mass is 598 g/mol. The lowest BCUT2D eigenvalue weighted by atomic mass is 10.00. The maximum absolute atomic E-state index is 13.2. The first kappa shape index (κ1) is 32.3. The molecule has 0 aliphatic rings. The molecular formula is C29H34N4O8S. The van der Waals surface area contributed by atoms with Crippen LogP contribution >= 0.6 is 11.8 Å². The van der Waals surface area contributed by atoms with Gasteiger partial charge in [0.15, 0.2) is 17.7 Å². The number of nitrogens with one attached hydrogen (secondary N) is 2. The summed E-state index contributed by atoms with van der Waals surface area (Å²) in [5.74, 6) is -2.52.